The lowest BCUT2D eigenvalue weighted by Gasteiger charge is -2.04. The number of aromatic amines is 1. The molecule has 0 aliphatic carbocycles. The number of carbonyl (C=O) groups is 2. The lowest BCUT2D eigenvalue weighted by Crippen LogP contribution is -2.21. The van der Waals surface area contributed by atoms with E-state index in [2.05, 4.69) is 15.3 Å². The normalized spacial score (nSPS) is 10.5. The van der Waals surface area contributed by atoms with E-state index in [9.17, 15) is 14.4 Å². The third-order valence-electron chi connectivity index (χ3n) is 2.51. The first kappa shape index (κ1) is 14.2. The molecule has 0 radical (unpaired) electrons. The van der Waals surface area contributed by atoms with Crippen molar-refractivity contribution in [2.24, 2.45) is 0 Å². The summed E-state index contributed by atoms with van der Waals surface area (Å²) in [6.07, 6.45) is 6.49. The van der Waals surface area contributed by atoms with Crippen molar-refractivity contribution in [3.05, 3.63) is 64.2 Å². The summed E-state index contributed by atoms with van der Waals surface area (Å²) < 4.78 is 0. The van der Waals surface area contributed by atoms with Crippen LogP contribution in [0.4, 0.5) is 5.82 Å². The van der Waals surface area contributed by atoms with Gasteiger partial charge in [0.15, 0.2) is 5.43 Å². The minimum atomic E-state index is -1.08. The van der Waals surface area contributed by atoms with Crippen molar-refractivity contribution in [3.8, 4) is 0 Å². The number of carbonyl (C=O) groups excluding carboxylic acids is 1. The van der Waals surface area contributed by atoms with Gasteiger partial charge in [0.05, 0.1) is 0 Å². The first-order valence-corrected chi connectivity index (χ1v) is 5.92. The highest BCUT2D eigenvalue weighted by molar-refractivity contribution is 6.03. The molecule has 106 valence electrons. The number of hydrogen-bond donors (Lipinski definition) is 3. The number of rotatable bonds is 4. The molecule has 0 aliphatic heterocycles. The van der Waals surface area contributed by atoms with Crippen LogP contribution in [0.3, 0.4) is 0 Å². The molecule has 2 heterocycles. The molecule has 0 bridgehead atoms. The van der Waals surface area contributed by atoms with E-state index < -0.39 is 17.3 Å². The van der Waals surface area contributed by atoms with Crippen molar-refractivity contribution in [1.29, 1.82) is 0 Å². The third kappa shape index (κ3) is 3.87. The van der Waals surface area contributed by atoms with Gasteiger partial charge in [-0.25, -0.2) is 9.78 Å². The zero-order valence-electron chi connectivity index (χ0n) is 10.7. The van der Waals surface area contributed by atoms with E-state index in [1.54, 1.807) is 6.07 Å². The highest BCUT2D eigenvalue weighted by Gasteiger charge is 2.10. The fourth-order valence-corrected chi connectivity index (χ4v) is 1.56. The van der Waals surface area contributed by atoms with Crippen LogP contribution in [0.15, 0.2) is 47.7 Å². The smallest absolute Gasteiger partial charge is 0.328 e. The summed E-state index contributed by atoms with van der Waals surface area (Å²) in [6, 6.07) is 4.33. The molecule has 0 fully saturated rings. The number of carboxylic acid groups (broad SMARTS) is 1. The number of hydrogen-bond acceptors (Lipinski definition) is 4. The number of nitrogens with one attached hydrogen (secondary N) is 2. The monoisotopic (exact) mass is 285 g/mol. The molecule has 0 saturated heterocycles. The Morgan fingerprint density at radius 1 is 1.33 bits per heavy atom. The average molecular weight is 285 g/mol. The second-order valence-electron chi connectivity index (χ2n) is 4.02. The van der Waals surface area contributed by atoms with Gasteiger partial charge in [-0.2, -0.15) is 0 Å². The van der Waals surface area contributed by atoms with Gasteiger partial charge in [-0.15, -0.1) is 0 Å². The Kier molecular flexibility index (Phi) is 4.25. The molecule has 7 heteroatoms. The molecule has 0 aromatic carbocycles. The average Bonchev–Trinajstić information content (AvgIpc) is 2.46. The first-order chi connectivity index (χ1) is 10.1. The summed E-state index contributed by atoms with van der Waals surface area (Å²) >= 11 is 0. The summed E-state index contributed by atoms with van der Waals surface area (Å²) in [5.41, 5.74) is 0.114. The zero-order valence-corrected chi connectivity index (χ0v) is 10.7. The van der Waals surface area contributed by atoms with E-state index in [1.165, 1.54) is 36.8 Å². The standard InChI is InChI=1S/C14H11N3O4/c18-11-4-5-15-8-10(11)14(21)17-12-7-9(3-6-16-12)1-2-13(19)20/h1-8H,(H,15,18)(H,19,20)(H,16,17,21)/b2-1+. The Morgan fingerprint density at radius 2 is 2.14 bits per heavy atom. The fourth-order valence-electron chi connectivity index (χ4n) is 1.56. The molecule has 1 amide bonds. The van der Waals surface area contributed by atoms with Crippen molar-refractivity contribution in [1.82, 2.24) is 9.97 Å². The molecule has 21 heavy (non-hydrogen) atoms. The number of carboxylic acids is 1. The lowest BCUT2D eigenvalue weighted by atomic mass is 10.2. The molecular weight excluding hydrogens is 274 g/mol. The van der Waals surface area contributed by atoms with Gasteiger partial charge in [-0.1, -0.05) is 0 Å². The molecule has 0 unspecified atom stereocenters. The van der Waals surface area contributed by atoms with Gasteiger partial charge in [0, 0.05) is 30.7 Å². The predicted molar refractivity (Wildman–Crippen MR) is 75.9 cm³/mol. The maximum atomic E-state index is 11.9. The number of H-pyrrole nitrogens is 1. The van der Waals surface area contributed by atoms with E-state index in [0.717, 1.165) is 6.08 Å². The molecule has 0 saturated carbocycles. The quantitative estimate of drug-likeness (QED) is 0.729. The predicted octanol–water partition coefficient (Wildman–Crippen LogP) is 1.12. The van der Waals surface area contributed by atoms with Crippen molar-refractivity contribution in [2.75, 3.05) is 5.32 Å². The summed E-state index contributed by atoms with van der Waals surface area (Å²) in [6.45, 7) is 0. The Balaban J connectivity index is 2.19. The number of aliphatic carboxylic acids is 1. The van der Waals surface area contributed by atoms with E-state index in [-0.39, 0.29) is 11.4 Å². The zero-order chi connectivity index (χ0) is 15.2. The van der Waals surface area contributed by atoms with Crippen molar-refractivity contribution >= 4 is 23.8 Å². The van der Waals surface area contributed by atoms with Crippen LogP contribution >= 0.6 is 0 Å². The van der Waals surface area contributed by atoms with E-state index in [4.69, 9.17) is 5.11 Å². The molecule has 2 aromatic rings. The largest absolute Gasteiger partial charge is 0.478 e. The summed E-state index contributed by atoms with van der Waals surface area (Å²) in [5.74, 6) is -1.45. The molecule has 0 aliphatic rings. The van der Waals surface area contributed by atoms with Crippen LogP contribution in [0.2, 0.25) is 0 Å². The second kappa shape index (κ2) is 6.29. The number of anilines is 1. The van der Waals surface area contributed by atoms with Gasteiger partial charge in [-0.3, -0.25) is 9.59 Å². The minimum absolute atomic E-state index is 0.0363. The molecule has 7 nitrogen and oxygen atoms in total. The van der Waals surface area contributed by atoms with Crippen LogP contribution in [-0.2, 0) is 4.79 Å². The lowest BCUT2D eigenvalue weighted by molar-refractivity contribution is -0.131. The Morgan fingerprint density at radius 3 is 2.86 bits per heavy atom. The topological polar surface area (TPSA) is 112 Å². The SMILES string of the molecule is O=C(O)/C=C/c1ccnc(NC(=O)c2c[nH]ccc2=O)c1. The van der Waals surface area contributed by atoms with Crippen molar-refractivity contribution in [2.45, 2.75) is 0 Å². The molecule has 0 spiro atoms. The maximum Gasteiger partial charge on any atom is 0.328 e. The number of amides is 1. The highest BCUT2D eigenvalue weighted by atomic mass is 16.4. The molecule has 2 rings (SSSR count). The number of aromatic nitrogens is 2. The highest BCUT2D eigenvalue weighted by Crippen LogP contribution is 2.09. The number of nitrogens with zero attached hydrogens (tertiary/aromatic N) is 1. The molecule has 3 N–H and O–H groups in total. The van der Waals surface area contributed by atoms with Crippen LogP contribution in [-0.4, -0.2) is 27.0 Å². The Hall–Kier alpha value is -3.22. The van der Waals surface area contributed by atoms with Gasteiger partial charge in [0.25, 0.3) is 5.91 Å². The van der Waals surface area contributed by atoms with Gasteiger partial charge in [0.2, 0.25) is 0 Å². The summed E-state index contributed by atoms with van der Waals surface area (Å²) in [7, 11) is 0. The summed E-state index contributed by atoms with van der Waals surface area (Å²) in [5, 5.41) is 11.0. The van der Waals surface area contributed by atoms with Crippen LogP contribution in [0.25, 0.3) is 6.08 Å². The van der Waals surface area contributed by atoms with Crippen LogP contribution in [0.5, 0.6) is 0 Å². The van der Waals surface area contributed by atoms with E-state index in [1.807, 2.05) is 0 Å². The van der Waals surface area contributed by atoms with Gasteiger partial charge in [0.1, 0.15) is 11.4 Å². The van der Waals surface area contributed by atoms with Crippen LogP contribution < -0.4 is 10.7 Å². The van der Waals surface area contributed by atoms with E-state index >= 15 is 0 Å². The summed E-state index contributed by atoms with van der Waals surface area (Å²) in [4.78, 5) is 40.5. The molecular formula is C14H11N3O4. The van der Waals surface area contributed by atoms with Gasteiger partial charge < -0.3 is 15.4 Å². The molecule has 0 atom stereocenters. The Labute approximate surface area is 119 Å². The van der Waals surface area contributed by atoms with Gasteiger partial charge in [-0.05, 0) is 23.8 Å². The number of pyridine rings is 2. The van der Waals surface area contributed by atoms with Crippen molar-refractivity contribution < 1.29 is 14.7 Å². The van der Waals surface area contributed by atoms with Gasteiger partial charge >= 0.3 is 5.97 Å². The Bertz CT molecular complexity index is 765. The van der Waals surface area contributed by atoms with Crippen LogP contribution in [0.1, 0.15) is 15.9 Å². The first-order valence-electron chi connectivity index (χ1n) is 5.92. The second-order valence-corrected chi connectivity index (χ2v) is 4.02. The third-order valence-corrected chi connectivity index (χ3v) is 2.51. The van der Waals surface area contributed by atoms with Crippen LogP contribution in [0, 0.1) is 0 Å². The fraction of sp³-hybridized carbons (Fsp3) is 0. The minimum Gasteiger partial charge on any atom is -0.478 e. The van der Waals surface area contributed by atoms with Crippen molar-refractivity contribution in [3.63, 3.8) is 0 Å². The van der Waals surface area contributed by atoms with E-state index in [0.29, 0.717) is 5.56 Å². The maximum absolute atomic E-state index is 11.9. The molecule has 2 aromatic heterocycles.